The number of carbonyl (C=O) groups excluding carboxylic acids is 3. The highest BCUT2D eigenvalue weighted by molar-refractivity contribution is 6.10. The lowest BCUT2D eigenvalue weighted by atomic mass is 9.85. The molecule has 0 radical (unpaired) electrons. The number of amides is 4. The first kappa shape index (κ1) is 19.5. The Morgan fingerprint density at radius 3 is 2.50 bits per heavy atom. The molecule has 2 aromatic carbocycles. The highest BCUT2D eigenvalue weighted by atomic mass is 19.1. The van der Waals surface area contributed by atoms with Crippen molar-refractivity contribution in [1.29, 1.82) is 0 Å². The zero-order valence-electron chi connectivity index (χ0n) is 15.2. The summed E-state index contributed by atoms with van der Waals surface area (Å²) in [6, 6.07) is 10.8. The number of rotatable bonds is 6. The van der Waals surface area contributed by atoms with Crippen molar-refractivity contribution in [3.63, 3.8) is 0 Å². The minimum atomic E-state index is -1.24. The van der Waals surface area contributed by atoms with Crippen LogP contribution in [0, 0.1) is 11.6 Å². The molecule has 0 bridgehead atoms. The van der Waals surface area contributed by atoms with Gasteiger partial charge in [0.1, 0.15) is 23.7 Å². The van der Waals surface area contributed by atoms with E-state index < -0.39 is 41.6 Å². The Bertz CT molecular complexity index is 920. The minimum absolute atomic E-state index is 0.235. The summed E-state index contributed by atoms with van der Waals surface area (Å²) in [6.07, 6.45) is 0.994. The second-order valence-corrected chi connectivity index (χ2v) is 6.52. The number of halogens is 2. The maximum absolute atomic E-state index is 13.7. The van der Waals surface area contributed by atoms with Gasteiger partial charge in [-0.2, -0.15) is 0 Å². The first-order chi connectivity index (χ1) is 13.4. The molecule has 4 amide bonds. The van der Waals surface area contributed by atoms with Crippen molar-refractivity contribution >= 4 is 23.5 Å². The molecule has 0 saturated carbocycles. The van der Waals surface area contributed by atoms with E-state index in [4.69, 9.17) is 0 Å². The number of imide groups is 1. The highest BCUT2D eigenvalue weighted by Gasteiger charge is 2.52. The molecule has 0 unspecified atom stereocenters. The van der Waals surface area contributed by atoms with Crippen LogP contribution in [0.15, 0.2) is 48.5 Å². The highest BCUT2D eigenvalue weighted by Crippen LogP contribution is 2.33. The van der Waals surface area contributed by atoms with Crippen LogP contribution in [-0.4, -0.2) is 29.3 Å². The topological polar surface area (TPSA) is 78.5 Å². The number of urea groups is 1. The average molecular weight is 387 g/mol. The average Bonchev–Trinajstić information content (AvgIpc) is 2.90. The zero-order valence-corrected chi connectivity index (χ0v) is 15.2. The fraction of sp³-hybridized carbons (Fsp3) is 0.250. The van der Waals surface area contributed by atoms with Crippen molar-refractivity contribution in [3.8, 4) is 0 Å². The van der Waals surface area contributed by atoms with Gasteiger partial charge in [-0.3, -0.25) is 14.5 Å². The van der Waals surface area contributed by atoms with Crippen molar-refractivity contribution in [3.05, 3.63) is 65.7 Å². The third-order valence-electron chi connectivity index (χ3n) is 4.57. The van der Waals surface area contributed by atoms with E-state index in [-0.39, 0.29) is 5.69 Å². The molecule has 1 atom stereocenters. The summed E-state index contributed by atoms with van der Waals surface area (Å²) in [6.45, 7) is 1.30. The van der Waals surface area contributed by atoms with Crippen LogP contribution in [0.5, 0.6) is 0 Å². The van der Waals surface area contributed by atoms with E-state index in [1.54, 1.807) is 30.3 Å². The number of anilines is 1. The third kappa shape index (κ3) is 3.58. The summed E-state index contributed by atoms with van der Waals surface area (Å²) in [5.41, 5.74) is -0.849. The van der Waals surface area contributed by atoms with E-state index in [1.807, 2.05) is 6.92 Å². The van der Waals surface area contributed by atoms with Crippen molar-refractivity contribution < 1.29 is 23.2 Å². The summed E-state index contributed by atoms with van der Waals surface area (Å²) in [4.78, 5) is 38.6. The van der Waals surface area contributed by atoms with Gasteiger partial charge >= 0.3 is 6.03 Å². The number of benzene rings is 2. The van der Waals surface area contributed by atoms with Gasteiger partial charge in [0.2, 0.25) is 5.91 Å². The van der Waals surface area contributed by atoms with Gasteiger partial charge in [-0.05, 0) is 24.1 Å². The SMILES string of the molecule is CCC[C@@]1(c2ccccc2)NC(=O)N(CC(=O)Nc2ccc(F)cc2F)C1=O. The lowest BCUT2D eigenvalue weighted by Crippen LogP contribution is -2.44. The van der Waals surface area contributed by atoms with Gasteiger partial charge in [0.15, 0.2) is 0 Å². The molecule has 28 heavy (non-hydrogen) atoms. The van der Waals surface area contributed by atoms with Crippen LogP contribution in [0.2, 0.25) is 0 Å². The van der Waals surface area contributed by atoms with Crippen molar-refractivity contribution in [1.82, 2.24) is 10.2 Å². The van der Waals surface area contributed by atoms with Crippen LogP contribution in [0.3, 0.4) is 0 Å². The Balaban J connectivity index is 1.80. The summed E-state index contributed by atoms with van der Waals surface area (Å²) in [7, 11) is 0. The van der Waals surface area contributed by atoms with Gasteiger partial charge in [-0.25, -0.2) is 13.6 Å². The van der Waals surface area contributed by atoms with Crippen LogP contribution >= 0.6 is 0 Å². The van der Waals surface area contributed by atoms with Crippen molar-refractivity contribution in [2.45, 2.75) is 25.3 Å². The lowest BCUT2D eigenvalue weighted by molar-refractivity contribution is -0.134. The van der Waals surface area contributed by atoms with Crippen molar-refractivity contribution in [2.24, 2.45) is 0 Å². The second-order valence-electron chi connectivity index (χ2n) is 6.52. The maximum atomic E-state index is 13.7. The molecule has 8 heteroatoms. The Kier molecular flexibility index (Phi) is 5.39. The van der Waals surface area contributed by atoms with E-state index in [0.717, 1.165) is 17.0 Å². The van der Waals surface area contributed by atoms with Gasteiger partial charge in [0.25, 0.3) is 5.91 Å². The van der Waals surface area contributed by atoms with Crippen LogP contribution in [0.25, 0.3) is 0 Å². The molecule has 0 spiro atoms. The predicted octanol–water partition coefficient (Wildman–Crippen LogP) is 3.15. The van der Waals surface area contributed by atoms with E-state index in [9.17, 15) is 23.2 Å². The fourth-order valence-electron chi connectivity index (χ4n) is 3.30. The molecule has 0 aromatic heterocycles. The largest absolute Gasteiger partial charge is 0.325 e. The number of hydrogen-bond donors (Lipinski definition) is 2. The summed E-state index contributed by atoms with van der Waals surface area (Å²) in [5.74, 6) is -3.04. The first-order valence-electron chi connectivity index (χ1n) is 8.82. The van der Waals surface area contributed by atoms with E-state index >= 15 is 0 Å². The molecule has 1 aliphatic rings. The number of carbonyl (C=O) groups is 3. The molecule has 2 N–H and O–H groups in total. The Morgan fingerprint density at radius 1 is 1.14 bits per heavy atom. The second kappa shape index (κ2) is 7.75. The van der Waals surface area contributed by atoms with Gasteiger partial charge < -0.3 is 10.6 Å². The lowest BCUT2D eigenvalue weighted by Gasteiger charge is -2.26. The quantitative estimate of drug-likeness (QED) is 0.748. The van der Waals surface area contributed by atoms with E-state index in [1.165, 1.54) is 0 Å². The number of hydrogen-bond acceptors (Lipinski definition) is 3. The van der Waals surface area contributed by atoms with E-state index in [2.05, 4.69) is 10.6 Å². The standard InChI is InChI=1S/C20H19F2N3O3/c1-2-10-20(13-6-4-3-5-7-13)18(27)25(19(28)24-20)12-17(26)23-16-9-8-14(21)11-15(16)22/h3-9,11H,2,10,12H2,1H3,(H,23,26)(H,24,28)/t20-/m0/s1. The fourth-order valence-corrected chi connectivity index (χ4v) is 3.30. The summed E-state index contributed by atoms with van der Waals surface area (Å²) in [5, 5.41) is 4.96. The molecule has 3 rings (SSSR count). The molecule has 6 nitrogen and oxygen atoms in total. The number of nitrogens with zero attached hydrogens (tertiary/aromatic N) is 1. The van der Waals surface area contributed by atoms with E-state index in [0.29, 0.717) is 24.5 Å². The molecule has 1 heterocycles. The van der Waals surface area contributed by atoms with Gasteiger partial charge in [-0.1, -0.05) is 43.7 Å². The zero-order chi connectivity index (χ0) is 20.3. The van der Waals surface area contributed by atoms with Crippen LogP contribution < -0.4 is 10.6 Å². The molecule has 1 saturated heterocycles. The number of nitrogens with one attached hydrogen (secondary N) is 2. The molecule has 2 aromatic rings. The van der Waals surface area contributed by atoms with Gasteiger partial charge in [0.05, 0.1) is 5.69 Å². The van der Waals surface area contributed by atoms with Gasteiger partial charge in [0, 0.05) is 6.07 Å². The van der Waals surface area contributed by atoms with Gasteiger partial charge in [-0.15, -0.1) is 0 Å². The smallest absolute Gasteiger partial charge is 0.322 e. The molecular weight excluding hydrogens is 368 g/mol. The van der Waals surface area contributed by atoms with Crippen molar-refractivity contribution in [2.75, 3.05) is 11.9 Å². The third-order valence-corrected chi connectivity index (χ3v) is 4.57. The Hall–Kier alpha value is -3.29. The molecular formula is C20H19F2N3O3. The van der Waals surface area contributed by atoms with Crippen LogP contribution in [0.4, 0.5) is 19.3 Å². The Morgan fingerprint density at radius 2 is 1.86 bits per heavy atom. The van der Waals surface area contributed by atoms with Crippen LogP contribution in [-0.2, 0) is 15.1 Å². The minimum Gasteiger partial charge on any atom is -0.322 e. The summed E-state index contributed by atoms with van der Waals surface area (Å²) < 4.78 is 26.7. The summed E-state index contributed by atoms with van der Waals surface area (Å²) >= 11 is 0. The molecule has 146 valence electrons. The predicted molar refractivity (Wildman–Crippen MR) is 98.3 cm³/mol. The maximum Gasteiger partial charge on any atom is 0.325 e. The monoisotopic (exact) mass is 387 g/mol. The molecule has 1 fully saturated rings. The first-order valence-corrected chi connectivity index (χ1v) is 8.82. The molecule has 0 aliphatic carbocycles. The molecule has 1 aliphatic heterocycles. The van der Waals surface area contributed by atoms with Crippen LogP contribution in [0.1, 0.15) is 25.3 Å². The normalized spacial score (nSPS) is 18.9. The Labute approximate surface area is 160 Å².